The Kier molecular flexibility index (Phi) is 5.22. The van der Waals surface area contributed by atoms with Crippen LogP contribution in [0.25, 0.3) is 0 Å². The first-order chi connectivity index (χ1) is 8.62. The van der Waals surface area contributed by atoms with Crippen LogP contribution in [0.15, 0.2) is 6.20 Å². The van der Waals surface area contributed by atoms with Gasteiger partial charge in [0.2, 0.25) is 5.95 Å². The Balaban J connectivity index is 2.96. The molecule has 1 unspecified atom stereocenters. The molecule has 1 aromatic rings. The van der Waals surface area contributed by atoms with E-state index < -0.39 is 17.6 Å². The third kappa shape index (κ3) is 4.36. The molecule has 8 heteroatoms. The third-order valence-electron chi connectivity index (χ3n) is 2.63. The molecular weight excluding hydrogens is 372 g/mol. The van der Waals surface area contributed by atoms with Crippen molar-refractivity contribution in [3.63, 3.8) is 0 Å². The van der Waals surface area contributed by atoms with Crippen molar-refractivity contribution < 1.29 is 13.2 Å². The van der Waals surface area contributed by atoms with Crippen molar-refractivity contribution in [2.45, 2.75) is 36.9 Å². The topological polar surface area (TPSA) is 63.8 Å². The van der Waals surface area contributed by atoms with Gasteiger partial charge in [0, 0.05) is 16.2 Å². The lowest BCUT2D eigenvalue weighted by Gasteiger charge is -2.25. The number of rotatable bonds is 4. The van der Waals surface area contributed by atoms with Crippen molar-refractivity contribution in [3.05, 3.63) is 11.8 Å². The minimum atomic E-state index is -4.53. The molecule has 108 valence electrons. The largest absolute Gasteiger partial charge is 0.421 e. The lowest BCUT2D eigenvalue weighted by Crippen LogP contribution is -2.33. The number of anilines is 2. The summed E-state index contributed by atoms with van der Waals surface area (Å²) in [6.07, 6.45) is -3.82. The highest BCUT2D eigenvalue weighted by Gasteiger charge is 2.34. The van der Waals surface area contributed by atoms with Crippen molar-refractivity contribution in [3.8, 4) is 0 Å². The first kappa shape index (κ1) is 16.3. The first-order valence-corrected chi connectivity index (χ1v) is 6.97. The van der Waals surface area contributed by atoms with Crippen LogP contribution in [0.5, 0.6) is 0 Å². The van der Waals surface area contributed by atoms with Crippen LogP contribution in [0.3, 0.4) is 0 Å². The van der Waals surface area contributed by atoms with Crippen molar-refractivity contribution in [2.24, 2.45) is 5.92 Å². The zero-order valence-corrected chi connectivity index (χ0v) is 13.0. The zero-order chi connectivity index (χ0) is 14.8. The smallest absolute Gasteiger partial charge is 0.383 e. The summed E-state index contributed by atoms with van der Waals surface area (Å²) in [5, 5.41) is 3.02. The molecule has 0 radical (unpaired) electrons. The van der Waals surface area contributed by atoms with Crippen molar-refractivity contribution in [1.29, 1.82) is 0 Å². The molecule has 1 aromatic heterocycles. The lowest BCUT2D eigenvalue weighted by atomic mass is 10.0. The Bertz CT molecular complexity index is 426. The minimum Gasteiger partial charge on any atom is -0.383 e. The summed E-state index contributed by atoms with van der Waals surface area (Å²) in [6.45, 7) is 6.03. The average Bonchev–Trinajstić information content (AvgIpc) is 2.23. The van der Waals surface area contributed by atoms with E-state index in [-0.39, 0.29) is 15.9 Å². The molecule has 0 aliphatic carbocycles. The van der Waals surface area contributed by atoms with E-state index in [0.717, 1.165) is 0 Å². The molecule has 0 aliphatic heterocycles. The number of nitrogens with two attached hydrogens (primary N) is 1. The molecule has 1 rings (SSSR count). The van der Waals surface area contributed by atoms with Crippen LogP contribution in [0.1, 0.15) is 26.3 Å². The summed E-state index contributed by atoms with van der Waals surface area (Å²) < 4.78 is 37.8. The van der Waals surface area contributed by atoms with E-state index in [1.165, 1.54) is 0 Å². The number of hydrogen-bond acceptors (Lipinski definition) is 4. The van der Waals surface area contributed by atoms with E-state index in [0.29, 0.717) is 12.1 Å². The van der Waals surface area contributed by atoms with Gasteiger partial charge < -0.3 is 11.1 Å². The van der Waals surface area contributed by atoms with Crippen molar-refractivity contribution in [2.75, 3.05) is 11.1 Å². The molecule has 4 nitrogen and oxygen atoms in total. The molecule has 19 heavy (non-hydrogen) atoms. The van der Waals surface area contributed by atoms with Crippen LogP contribution in [-0.2, 0) is 6.18 Å². The number of alkyl halides is 4. The predicted molar refractivity (Wildman–Crippen MR) is 77.2 cm³/mol. The normalized spacial score (nSPS) is 15.4. The van der Waals surface area contributed by atoms with Gasteiger partial charge in [0.1, 0.15) is 11.4 Å². The van der Waals surface area contributed by atoms with E-state index in [1.54, 1.807) is 0 Å². The number of nitrogen functional groups attached to an aromatic ring is 1. The first-order valence-electron chi connectivity index (χ1n) is 5.73. The molecule has 0 saturated heterocycles. The van der Waals surface area contributed by atoms with E-state index in [4.69, 9.17) is 5.73 Å². The highest BCUT2D eigenvalue weighted by molar-refractivity contribution is 14.1. The summed E-state index contributed by atoms with van der Waals surface area (Å²) in [7, 11) is 0. The van der Waals surface area contributed by atoms with Crippen LogP contribution in [0.4, 0.5) is 24.9 Å². The molecular formula is C11H16F3IN4. The van der Waals surface area contributed by atoms with Crippen LogP contribution in [0.2, 0.25) is 0 Å². The predicted octanol–water partition coefficient (Wildman–Crippen LogP) is 3.34. The molecule has 3 N–H and O–H groups in total. The number of nitrogens with zero attached hydrogens (tertiary/aromatic N) is 2. The Morgan fingerprint density at radius 2 is 1.89 bits per heavy atom. The van der Waals surface area contributed by atoms with Gasteiger partial charge in [-0.1, -0.05) is 43.4 Å². The van der Waals surface area contributed by atoms with Gasteiger partial charge in [0.15, 0.2) is 0 Å². The van der Waals surface area contributed by atoms with Gasteiger partial charge in [-0.3, -0.25) is 0 Å². The van der Waals surface area contributed by atoms with E-state index in [2.05, 4.69) is 37.9 Å². The Labute approximate surface area is 123 Å². The second kappa shape index (κ2) is 6.10. The third-order valence-corrected chi connectivity index (χ3v) is 3.41. The van der Waals surface area contributed by atoms with Crippen LogP contribution in [0, 0.1) is 5.92 Å². The van der Waals surface area contributed by atoms with Gasteiger partial charge in [-0.05, 0) is 5.92 Å². The van der Waals surface area contributed by atoms with Gasteiger partial charge in [0.25, 0.3) is 0 Å². The number of aromatic nitrogens is 2. The molecule has 1 heterocycles. The molecule has 0 spiro atoms. The fraction of sp³-hybridized carbons (Fsp3) is 0.636. The average molecular weight is 388 g/mol. The standard InChI is InChI=1S/C11H16F3IN4/c1-5(2)8(6(3)15)18-10-17-4-7(9(16)19-10)11(12,13)14/h4-6,8H,1-3H3,(H3,16,17,18,19)/t6?,8-/m0/s1. The summed E-state index contributed by atoms with van der Waals surface area (Å²) in [5.74, 6) is -0.152. The van der Waals surface area contributed by atoms with Crippen molar-refractivity contribution in [1.82, 2.24) is 9.97 Å². The minimum absolute atomic E-state index is 0.0525. The fourth-order valence-electron chi connectivity index (χ4n) is 1.64. The number of halogens is 4. The Morgan fingerprint density at radius 3 is 2.26 bits per heavy atom. The highest BCUT2D eigenvalue weighted by Crippen LogP contribution is 2.32. The van der Waals surface area contributed by atoms with Crippen LogP contribution < -0.4 is 11.1 Å². The quantitative estimate of drug-likeness (QED) is 0.614. The Morgan fingerprint density at radius 1 is 1.32 bits per heavy atom. The molecule has 0 saturated carbocycles. The van der Waals surface area contributed by atoms with Gasteiger partial charge in [0.05, 0.1) is 0 Å². The fourth-order valence-corrected chi connectivity index (χ4v) is 2.65. The van der Waals surface area contributed by atoms with Gasteiger partial charge in [-0.15, -0.1) is 0 Å². The van der Waals surface area contributed by atoms with E-state index in [9.17, 15) is 13.2 Å². The van der Waals surface area contributed by atoms with Crippen molar-refractivity contribution >= 4 is 34.4 Å². The molecule has 0 fully saturated rings. The molecule has 0 amide bonds. The maximum Gasteiger partial charge on any atom is 0.421 e. The second-order valence-electron chi connectivity index (χ2n) is 4.58. The van der Waals surface area contributed by atoms with Gasteiger partial charge in [-0.2, -0.15) is 18.2 Å². The molecule has 0 aromatic carbocycles. The van der Waals surface area contributed by atoms with E-state index in [1.807, 2.05) is 20.8 Å². The number of nitrogens with one attached hydrogen (secondary N) is 1. The van der Waals surface area contributed by atoms with Gasteiger partial charge >= 0.3 is 6.18 Å². The van der Waals surface area contributed by atoms with Crippen LogP contribution in [-0.4, -0.2) is 19.9 Å². The van der Waals surface area contributed by atoms with Gasteiger partial charge in [-0.25, -0.2) is 4.98 Å². The summed E-state index contributed by atoms with van der Waals surface area (Å²) >= 11 is 2.25. The molecule has 2 atom stereocenters. The van der Waals surface area contributed by atoms with Crippen LogP contribution >= 0.6 is 22.6 Å². The van der Waals surface area contributed by atoms with E-state index >= 15 is 0 Å². The SMILES string of the molecule is CC(C)[C@H](Nc1ncc(C(F)(F)F)c(N)n1)C(C)I. The number of hydrogen-bond donors (Lipinski definition) is 2. The summed E-state index contributed by atoms with van der Waals surface area (Å²) in [4.78, 5) is 7.36. The molecule has 0 bridgehead atoms. The summed E-state index contributed by atoms with van der Waals surface area (Å²) in [6, 6.07) is 0.0525. The zero-order valence-electron chi connectivity index (χ0n) is 10.8. The lowest BCUT2D eigenvalue weighted by molar-refractivity contribution is -0.137. The highest BCUT2D eigenvalue weighted by atomic mass is 127. The monoisotopic (exact) mass is 388 g/mol. The maximum absolute atomic E-state index is 12.5. The maximum atomic E-state index is 12.5. The second-order valence-corrected chi connectivity index (χ2v) is 6.55. The Hall–Kier alpha value is -0.800. The summed E-state index contributed by atoms with van der Waals surface area (Å²) in [5.41, 5.74) is 4.31. The molecule has 0 aliphatic rings.